The maximum absolute atomic E-state index is 12.2. The van der Waals surface area contributed by atoms with Crippen molar-refractivity contribution in [3.05, 3.63) is 64.7 Å². The third-order valence-electron chi connectivity index (χ3n) is 4.85. The average Bonchev–Trinajstić information content (AvgIpc) is 2.68. The molecule has 1 fully saturated rings. The molecule has 144 valence electrons. The molecule has 1 amide bonds. The van der Waals surface area contributed by atoms with Gasteiger partial charge in [-0.15, -0.1) is 0 Å². The molecule has 0 spiro atoms. The predicted octanol–water partition coefficient (Wildman–Crippen LogP) is 2.69. The molecule has 2 aromatic rings. The summed E-state index contributed by atoms with van der Waals surface area (Å²) in [7, 11) is 1.65. The van der Waals surface area contributed by atoms with E-state index in [1.54, 1.807) is 7.11 Å². The molecule has 27 heavy (non-hydrogen) atoms. The Morgan fingerprint density at radius 2 is 1.74 bits per heavy atom. The molecule has 1 aliphatic rings. The molecule has 1 heterocycles. The summed E-state index contributed by atoms with van der Waals surface area (Å²) in [4.78, 5) is 14.6. The first-order valence-corrected chi connectivity index (χ1v) is 9.42. The van der Waals surface area contributed by atoms with Crippen LogP contribution < -0.4 is 10.1 Å². The van der Waals surface area contributed by atoms with E-state index in [2.05, 4.69) is 34.5 Å². The Morgan fingerprint density at radius 1 is 1.07 bits per heavy atom. The second-order valence-electron chi connectivity index (χ2n) is 6.96. The van der Waals surface area contributed by atoms with Crippen LogP contribution in [0.5, 0.6) is 5.75 Å². The summed E-state index contributed by atoms with van der Waals surface area (Å²) in [6.07, 6.45) is 0.375. The number of hydrogen-bond acceptors (Lipinski definition) is 4. The molecule has 1 saturated heterocycles. The highest BCUT2D eigenvalue weighted by atomic mass is 16.5. The molecule has 1 N–H and O–H groups in total. The molecule has 0 aliphatic carbocycles. The van der Waals surface area contributed by atoms with Gasteiger partial charge in [0.1, 0.15) is 5.75 Å². The second-order valence-corrected chi connectivity index (χ2v) is 6.96. The van der Waals surface area contributed by atoms with Crippen molar-refractivity contribution in [2.75, 3.05) is 33.4 Å². The lowest BCUT2D eigenvalue weighted by atomic mass is 10.1. The van der Waals surface area contributed by atoms with E-state index in [1.165, 1.54) is 5.56 Å². The monoisotopic (exact) mass is 368 g/mol. The number of hydrogen-bond donors (Lipinski definition) is 1. The molecule has 0 aromatic heterocycles. The molecule has 5 nitrogen and oxygen atoms in total. The number of amides is 1. The Morgan fingerprint density at radius 3 is 2.41 bits per heavy atom. The normalized spacial score (nSPS) is 14.7. The van der Waals surface area contributed by atoms with Crippen LogP contribution in [0.2, 0.25) is 0 Å². The van der Waals surface area contributed by atoms with Crippen molar-refractivity contribution in [3.63, 3.8) is 0 Å². The van der Waals surface area contributed by atoms with Gasteiger partial charge in [0.25, 0.3) is 0 Å². The van der Waals surface area contributed by atoms with Crippen LogP contribution in [-0.2, 0) is 29.0 Å². The minimum absolute atomic E-state index is 0.0250. The fourth-order valence-corrected chi connectivity index (χ4v) is 3.28. The van der Waals surface area contributed by atoms with E-state index in [0.29, 0.717) is 13.0 Å². The maximum atomic E-state index is 12.2. The van der Waals surface area contributed by atoms with Gasteiger partial charge in [0.2, 0.25) is 5.91 Å². The van der Waals surface area contributed by atoms with E-state index < -0.39 is 0 Å². The van der Waals surface area contributed by atoms with E-state index in [-0.39, 0.29) is 5.91 Å². The fourth-order valence-electron chi connectivity index (χ4n) is 3.28. The highest BCUT2D eigenvalue weighted by Gasteiger charge is 2.10. The minimum Gasteiger partial charge on any atom is -0.496 e. The molecule has 0 radical (unpaired) electrons. The summed E-state index contributed by atoms with van der Waals surface area (Å²) in [5.41, 5.74) is 4.44. The topological polar surface area (TPSA) is 50.8 Å². The molecule has 0 unspecified atom stereocenters. The quantitative estimate of drug-likeness (QED) is 0.816. The summed E-state index contributed by atoms with van der Waals surface area (Å²) in [6.45, 7) is 7.10. The highest BCUT2D eigenvalue weighted by Crippen LogP contribution is 2.18. The first-order valence-electron chi connectivity index (χ1n) is 9.42. The Bertz CT molecular complexity index is 753. The number of nitrogens with zero attached hydrogens (tertiary/aromatic N) is 1. The third-order valence-corrected chi connectivity index (χ3v) is 4.85. The summed E-state index contributed by atoms with van der Waals surface area (Å²) in [6, 6.07) is 14.3. The molecule has 1 aliphatic heterocycles. The summed E-state index contributed by atoms with van der Waals surface area (Å²) in [5.74, 6) is 0.869. The zero-order valence-electron chi connectivity index (χ0n) is 16.2. The molecule has 0 bridgehead atoms. The van der Waals surface area contributed by atoms with Crippen molar-refractivity contribution < 1.29 is 14.3 Å². The van der Waals surface area contributed by atoms with Gasteiger partial charge in [0, 0.05) is 26.2 Å². The molecule has 5 heteroatoms. The number of methoxy groups -OCH3 is 1. The lowest BCUT2D eigenvalue weighted by Crippen LogP contribution is -2.35. The average molecular weight is 368 g/mol. The Kier molecular flexibility index (Phi) is 6.85. The van der Waals surface area contributed by atoms with Gasteiger partial charge in [-0.05, 0) is 35.2 Å². The molecular formula is C22H28N2O3. The van der Waals surface area contributed by atoms with E-state index in [4.69, 9.17) is 9.47 Å². The first-order chi connectivity index (χ1) is 13.1. The first kappa shape index (κ1) is 19.4. The van der Waals surface area contributed by atoms with Gasteiger partial charge < -0.3 is 14.8 Å². The number of carbonyl (C=O) groups is 1. The zero-order chi connectivity index (χ0) is 19.1. The maximum Gasteiger partial charge on any atom is 0.224 e. The van der Waals surface area contributed by atoms with Crippen LogP contribution in [0.4, 0.5) is 0 Å². The van der Waals surface area contributed by atoms with Crippen molar-refractivity contribution in [1.29, 1.82) is 0 Å². The highest BCUT2D eigenvalue weighted by molar-refractivity contribution is 5.78. The number of aryl methyl sites for hydroxylation is 1. The van der Waals surface area contributed by atoms with Crippen LogP contribution in [-0.4, -0.2) is 44.2 Å². The molecule has 0 atom stereocenters. The molecule has 3 rings (SSSR count). The minimum atomic E-state index is 0.0250. The Hall–Kier alpha value is -2.37. The summed E-state index contributed by atoms with van der Waals surface area (Å²) < 4.78 is 10.6. The standard InChI is InChI=1S/C22H28N2O3/c1-17-13-20(7-8-21(17)26-2)14-22(25)23-15-18-3-5-19(6-4-18)16-24-9-11-27-12-10-24/h3-8,13H,9-12,14-16H2,1-2H3,(H,23,25). The number of carbonyl (C=O) groups excluding carboxylic acids is 1. The number of rotatable bonds is 7. The van der Waals surface area contributed by atoms with E-state index in [1.807, 2.05) is 25.1 Å². The van der Waals surface area contributed by atoms with Gasteiger partial charge in [0.05, 0.1) is 26.7 Å². The third kappa shape index (κ3) is 5.81. The second kappa shape index (κ2) is 9.53. The molecule has 2 aromatic carbocycles. The van der Waals surface area contributed by atoms with Gasteiger partial charge in [-0.3, -0.25) is 9.69 Å². The number of morpholine rings is 1. The molecular weight excluding hydrogens is 340 g/mol. The smallest absolute Gasteiger partial charge is 0.224 e. The van der Waals surface area contributed by atoms with Crippen molar-refractivity contribution in [2.24, 2.45) is 0 Å². The number of benzene rings is 2. The number of nitrogens with one attached hydrogen (secondary N) is 1. The van der Waals surface area contributed by atoms with Crippen LogP contribution in [0.15, 0.2) is 42.5 Å². The zero-order valence-corrected chi connectivity index (χ0v) is 16.2. The largest absolute Gasteiger partial charge is 0.496 e. The van der Waals surface area contributed by atoms with Crippen molar-refractivity contribution in [2.45, 2.75) is 26.4 Å². The van der Waals surface area contributed by atoms with Crippen molar-refractivity contribution in [3.8, 4) is 5.75 Å². The SMILES string of the molecule is COc1ccc(CC(=O)NCc2ccc(CN3CCOCC3)cc2)cc1C. The van der Waals surface area contributed by atoms with Gasteiger partial charge in [-0.2, -0.15) is 0 Å². The van der Waals surface area contributed by atoms with Gasteiger partial charge >= 0.3 is 0 Å². The van der Waals surface area contributed by atoms with Crippen LogP contribution in [0, 0.1) is 6.92 Å². The van der Waals surface area contributed by atoms with Gasteiger partial charge in [-0.25, -0.2) is 0 Å². The lowest BCUT2D eigenvalue weighted by Gasteiger charge is -2.26. The van der Waals surface area contributed by atoms with Crippen LogP contribution >= 0.6 is 0 Å². The van der Waals surface area contributed by atoms with Crippen molar-refractivity contribution in [1.82, 2.24) is 10.2 Å². The lowest BCUT2D eigenvalue weighted by molar-refractivity contribution is -0.120. The van der Waals surface area contributed by atoms with Gasteiger partial charge in [0.15, 0.2) is 0 Å². The van der Waals surface area contributed by atoms with E-state index in [0.717, 1.165) is 55.3 Å². The fraction of sp³-hybridized carbons (Fsp3) is 0.409. The van der Waals surface area contributed by atoms with E-state index >= 15 is 0 Å². The van der Waals surface area contributed by atoms with Crippen LogP contribution in [0.25, 0.3) is 0 Å². The summed E-state index contributed by atoms with van der Waals surface area (Å²) >= 11 is 0. The van der Waals surface area contributed by atoms with Crippen molar-refractivity contribution >= 4 is 5.91 Å². The van der Waals surface area contributed by atoms with Crippen LogP contribution in [0.3, 0.4) is 0 Å². The van der Waals surface area contributed by atoms with E-state index in [9.17, 15) is 4.79 Å². The molecule has 0 saturated carbocycles. The predicted molar refractivity (Wildman–Crippen MR) is 106 cm³/mol. The Balaban J connectivity index is 1.46. The van der Waals surface area contributed by atoms with Gasteiger partial charge in [-0.1, -0.05) is 36.4 Å². The summed E-state index contributed by atoms with van der Waals surface area (Å²) in [5, 5.41) is 3.00. The Labute approximate surface area is 161 Å². The number of ether oxygens (including phenoxy) is 2. The van der Waals surface area contributed by atoms with Crippen LogP contribution in [0.1, 0.15) is 22.3 Å².